The van der Waals surface area contributed by atoms with Crippen LogP contribution in [-0.2, 0) is 9.53 Å². The minimum Gasteiger partial charge on any atom is -0.456 e. The number of carbonyl (C=O) groups excluding carboxylic acids is 1. The molecule has 0 aliphatic carbocycles. The van der Waals surface area contributed by atoms with E-state index in [0.29, 0.717) is 0 Å². The number of hydrogen-bond donors (Lipinski definition) is 1. The van der Waals surface area contributed by atoms with Crippen LogP contribution in [0.25, 0.3) is 0 Å². The monoisotopic (exact) mass is 158 g/mol. The molecule has 0 saturated carbocycles. The zero-order valence-corrected chi connectivity index (χ0v) is 7.13. The smallest absolute Gasteiger partial charge is 0.338 e. The van der Waals surface area contributed by atoms with Crippen LogP contribution < -0.4 is 0 Å². The van der Waals surface area contributed by atoms with Crippen molar-refractivity contribution in [3.63, 3.8) is 0 Å². The minimum absolute atomic E-state index is 0.353. The van der Waals surface area contributed by atoms with E-state index < -0.39 is 11.6 Å². The van der Waals surface area contributed by atoms with Gasteiger partial charge in [-0.2, -0.15) is 0 Å². The Balaban J connectivity index is 3.98. The lowest BCUT2D eigenvalue weighted by molar-refractivity contribution is -0.164. The van der Waals surface area contributed by atoms with Gasteiger partial charge in [0.25, 0.3) is 0 Å². The Hall–Kier alpha value is -0.830. The van der Waals surface area contributed by atoms with E-state index in [1.165, 1.54) is 19.9 Å². The summed E-state index contributed by atoms with van der Waals surface area (Å²) in [6.45, 7) is 7.87. The van der Waals surface area contributed by atoms with E-state index in [1.807, 2.05) is 0 Å². The minimum atomic E-state index is -1.42. The fourth-order valence-corrected chi connectivity index (χ4v) is 0.361. The van der Waals surface area contributed by atoms with E-state index in [2.05, 4.69) is 6.58 Å². The van der Waals surface area contributed by atoms with Crippen LogP contribution in [0.2, 0.25) is 0 Å². The molecule has 1 unspecified atom stereocenters. The molecule has 0 spiro atoms. The molecular weight excluding hydrogens is 144 g/mol. The van der Waals surface area contributed by atoms with Crippen LogP contribution in [0.3, 0.4) is 0 Å². The predicted octanol–water partition coefficient (Wildman–Crippen LogP) is 0.875. The molecule has 0 bridgehead atoms. The average molecular weight is 158 g/mol. The average Bonchev–Trinajstić information content (AvgIpc) is 1.85. The number of hydrogen-bond acceptors (Lipinski definition) is 3. The Morgan fingerprint density at radius 2 is 2.18 bits per heavy atom. The van der Waals surface area contributed by atoms with Gasteiger partial charge in [0.05, 0.1) is 0 Å². The molecule has 0 saturated heterocycles. The molecule has 0 aliphatic rings. The largest absolute Gasteiger partial charge is 0.456 e. The Bertz CT molecular complexity index is 155. The van der Waals surface area contributed by atoms with Crippen LogP contribution >= 0.6 is 0 Å². The second-order valence-electron chi connectivity index (χ2n) is 2.91. The molecule has 1 N–H and O–H groups in total. The SMILES string of the molecule is C=CC(C)OC(=O)C(C)(C)O. The summed E-state index contributed by atoms with van der Waals surface area (Å²) in [4.78, 5) is 10.9. The molecule has 0 amide bonds. The van der Waals surface area contributed by atoms with E-state index >= 15 is 0 Å². The van der Waals surface area contributed by atoms with E-state index in [1.54, 1.807) is 6.92 Å². The number of esters is 1. The molecule has 11 heavy (non-hydrogen) atoms. The van der Waals surface area contributed by atoms with Crippen molar-refractivity contribution in [2.24, 2.45) is 0 Å². The van der Waals surface area contributed by atoms with E-state index in [9.17, 15) is 4.79 Å². The van der Waals surface area contributed by atoms with Crippen molar-refractivity contribution in [1.29, 1.82) is 0 Å². The Morgan fingerprint density at radius 3 is 2.45 bits per heavy atom. The molecule has 1 atom stereocenters. The summed E-state index contributed by atoms with van der Waals surface area (Å²) < 4.78 is 4.76. The standard InChI is InChI=1S/C8H14O3/c1-5-6(2)11-7(9)8(3,4)10/h5-6,10H,1H2,2-4H3. The fraction of sp³-hybridized carbons (Fsp3) is 0.625. The summed E-state index contributed by atoms with van der Waals surface area (Å²) in [5.74, 6) is -0.634. The van der Waals surface area contributed by atoms with Crippen LogP contribution in [0.4, 0.5) is 0 Å². The molecule has 0 fully saturated rings. The third kappa shape index (κ3) is 3.78. The lowest BCUT2D eigenvalue weighted by Crippen LogP contribution is -2.34. The molecule has 64 valence electrons. The first-order chi connectivity index (χ1) is 4.88. The van der Waals surface area contributed by atoms with Crippen molar-refractivity contribution in [3.8, 4) is 0 Å². The van der Waals surface area contributed by atoms with Gasteiger partial charge in [-0.25, -0.2) is 4.79 Å². The maximum atomic E-state index is 10.9. The molecule has 0 aromatic carbocycles. The quantitative estimate of drug-likeness (QED) is 0.489. The van der Waals surface area contributed by atoms with Gasteiger partial charge >= 0.3 is 5.97 Å². The van der Waals surface area contributed by atoms with Crippen LogP contribution in [0, 0.1) is 0 Å². The Morgan fingerprint density at radius 1 is 1.73 bits per heavy atom. The molecule has 0 aromatic rings. The zero-order valence-electron chi connectivity index (χ0n) is 7.13. The van der Waals surface area contributed by atoms with Crippen LogP contribution in [0.5, 0.6) is 0 Å². The van der Waals surface area contributed by atoms with Crippen molar-refractivity contribution in [3.05, 3.63) is 12.7 Å². The van der Waals surface area contributed by atoms with Crippen LogP contribution in [0.1, 0.15) is 20.8 Å². The highest BCUT2D eigenvalue weighted by Crippen LogP contribution is 2.06. The Kier molecular flexibility index (Phi) is 3.26. The van der Waals surface area contributed by atoms with Crippen molar-refractivity contribution >= 4 is 5.97 Å². The molecule has 0 rings (SSSR count). The maximum Gasteiger partial charge on any atom is 0.338 e. The first-order valence-electron chi connectivity index (χ1n) is 3.44. The summed E-state index contributed by atoms with van der Waals surface area (Å²) in [7, 11) is 0. The van der Waals surface area contributed by atoms with Crippen molar-refractivity contribution < 1.29 is 14.6 Å². The topological polar surface area (TPSA) is 46.5 Å². The highest BCUT2D eigenvalue weighted by Gasteiger charge is 2.26. The van der Waals surface area contributed by atoms with Crippen LogP contribution in [0.15, 0.2) is 12.7 Å². The van der Waals surface area contributed by atoms with Gasteiger partial charge in [-0.05, 0) is 20.8 Å². The molecule has 0 aliphatic heterocycles. The van der Waals surface area contributed by atoms with Gasteiger partial charge in [-0.3, -0.25) is 0 Å². The molecule has 0 aromatic heterocycles. The van der Waals surface area contributed by atoms with Crippen molar-refractivity contribution in [2.75, 3.05) is 0 Å². The summed E-state index contributed by atoms with van der Waals surface area (Å²) in [5.41, 5.74) is -1.42. The van der Waals surface area contributed by atoms with Gasteiger partial charge < -0.3 is 9.84 Å². The van der Waals surface area contributed by atoms with E-state index in [-0.39, 0.29) is 6.10 Å². The van der Waals surface area contributed by atoms with Gasteiger partial charge in [-0.1, -0.05) is 12.7 Å². The van der Waals surface area contributed by atoms with Gasteiger partial charge in [0.2, 0.25) is 0 Å². The van der Waals surface area contributed by atoms with Crippen LogP contribution in [-0.4, -0.2) is 22.8 Å². The lowest BCUT2D eigenvalue weighted by Gasteiger charge is -2.17. The highest BCUT2D eigenvalue weighted by atomic mass is 16.6. The molecule has 3 nitrogen and oxygen atoms in total. The third-order valence-electron chi connectivity index (χ3n) is 1.12. The number of rotatable bonds is 3. The highest BCUT2D eigenvalue weighted by molar-refractivity contribution is 5.78. The van der Waals surface area contributed by atoms with Crippen molar-refractivity contribution in [2.45, 2.75) is 32.5 Å². The lowest BCUT2D eigenvalue weighted by atomic mass is 10.1. The predicted molar refractivity (Wildman–Crippen MR) is 42.0 cm³/mol. The summed E-state index contributed by atoms with van der Waals surface area (Å²) in [6, 6.07) is 0. The third-order valence-corrected chi connectivity index (χ3v) is 1.12. The maximum absolute atomic E-state index is 10.9. The van der Waals surface area contributed by atoms with Crippen molar-refractivity contribution in [1.82, 2.24) is 0 Å². The molecule has 0 heterocycles. The number of ether oxygens (including phenoxy) is 1. The summed E-state index contributed by atoms with van der Waals surface area (Å²) in [6.07, 6.45) is 1.14. The number of aliphatic hydroxyl groups is 1. The van der Waals surface area contributed by atoms with E-state index in [4.69, 9.17) is 9.84 Å². The van der Waals surface area contributed by atoms with E-state index in [0.717, 1.165) is 0 Å². The second-order valence-corrected chi connectivity index (χ2v) is 2.91. The van der Waals surface area contributed by atoms with Gasteiger partial charge in [0.15, 0.2) is 5.60 Å². The van der Waals surface area contributed by atoms with Gasteiger partial charge in [0, 0.05) is 0 Å². The summed E-state index contributed by atoms with van der Waals surface area (Å²) in [5, 5.41) is 9.12. The Labute approximate surface area is 66.7 Å². The number of carbonyl (C=O) groups is 1. The van der Waals surface area contributed by atoms with Gasteiger partial charge in [-0.15, -0.1) is 0 Å². The second kappa shape index (κ2) is 3.53. The molecule has 3 heteroatoms. The molecular formula is C8H14O3. The first kappa shape index (κ1) is 10.2. The normalized spacial score (nSPS) is 13.8. The first-order valence-corrected chi connectivity index (χ1v) is 3.44. The zero-order chi connectivity index (χ0) is 9.07. The molecule has 0 radical (unpaired) electrons. The fourth-order valence-electron chi connectivity index (χ4n) is 0.361. The van der Waals surface area contributed by atoms with Gasteiger partial charge in [0.1, 0.15) is 6.10 Å². The summed E-state index contributed by atoms with van der Waals surface area (Å²) >= 11 is 0.